The second kappa shape index (κ2) is 7.59. The maximum absolute atomic E-state index is 12.8. The first kappa shape index (κ1) is 18.6. The van der Waals surface area contributed by atoms with Gasteiger partial charge in [0.2, 0.25) is 15.9 Å². The molecule has 2 heterocycles. The van der Waals surface area contributed by atoms with Crippen molar-refractivity contribution >= 4 is 15.9 Å². The van der Waals surface area contributed by atoms with Gasteiger partial charge in [-0.2, -0.15) is 4.31 Å². The average molecular weight is 377 g/mol. The van der Waals surface area contributed by atoms with Crippen molar-refractivity contribution in [2.24, 2.45) is 0 Å². The Labute approximate surface area is 153 Å². The monoisotopic (exact) mass is 377 g/mol. The third kappa shape index (κ3) is 3.96. The van der Waals surface area contributed by atoms with Crippen molar-refractivity contribution in [2.75, 3.05) is 13.1 Å². The molecule has 140 valence electrons. The van der Waals surface area contributed by atoms with Crippen LogP contribution >= 0.6 is 0 Å². The number of benzene rings is 1. The number of aromatic nitrogens is 1. The van der Waals surface area contributed by atoms with E-state index >= 15 is 0 Å². The molecule has 26 heavy (non-hydrogen) atoms. The van der Waals surface area contributed by atoms with Gasteiger partial charge in [0.05, 0.1) is 6.42 Å². The maximum atomic E-state index is 12.8. The second-order valence-corrected chi connectivity index (χ2v) is 8.44. The summed E-state index contributed by atoms with van der Waals surface area (Å²) in [6, 6.07) is 9.54. The molecule has 0 atom stereocenters. The average Bonchev–Trinajstić information content (AvgIpc) is 2.95. The lowest BCUT2D eigenvalue weighted by Crippen LogP contribution is -2.46. The van der Waals surface area contributed by atoms with Crippen molar-refractivity contribution in [3.8, 4) is 0 Å². The van der Waals surface area contributed by atoms with Gasteiger partial charge < -0.3 is 9.84 Å². The number of rotatable bonds is 5. The van der Waals surface area contributed by atoms with Crippen LogP contribution in [0.2, 0.25) is 0 Å². The summed E-state index contributed by atoms with van der Waals surface area (Å²) in [5.41, 5.74) is 1.34. The lowest BCUT2D eigenvalue weighted by atomic mass is 10.1. The molecule has 1 aliphatic rings. The summed E-state index contributed by atoms with van der Waals surface area (Å²) in [4.78, 5) is 12.3. The Hall–Kier alpha value is -2.19. The molecule has 3 rings (SSSR count). The van der Waals surface area contributed by atoms with Crippen LogP contribution in [0, 0.1) is 13.8 Å². The van der Waals surface area contributed by atoms with Crippen LogP contribution in [0.15, 0.2) is 39.8 Å². The summed E-state index contributed by atoms with van der Waals surface area (Å²) in [5.74, 6) is 0.268. The number of carbonyl (C=O) groups excluding carboxylic acids is 1. The van der Waals surface area contributed by atoms with Gasteiger partial charge in [0.15, 0.2) is 5.76 Å². The summed E-state index contributed by atoms with van der Waals surface area (Å²) in [7, 11) is -3.62. The van der Waals surface area contributed by atoms with Gasteiger partial charge in [-0.05, 0) is 32.3 Å². The smallest absolute Gasteiger partial charge is 0.248 e. The second-order valence-electron chi connectivity index (χ2n) is 6.56. The minimum Gasteiger partial charge on any atom is -0.360 e. The Morgan fingerprint density at radius 2 is 1.88 bits per heavy atom. The number of amides is 1. The zero-order valence-corrected chi connectivity index (χ0v) is 15.8. The van der Waals surface area contributed by atoms with Gasteiger partial charge in [-0.3, -0.25) is 4.79 Å². The molecule has 1 fully saturated rings. The van der Waals surface area contributed by atoms with Crippen molar-refractivity contribution in [3.05, 3.63) is 47.3 Å². The Morgan fingerprint density at radius 3 is 2.46 bits per heavy atom. The number of carbonyl (C=O) groups is 1. The Bertz CT molecular complexity index is 850. The molecule has 0 unspecified atom stereocenters. The van der Waals surface area contributed by atoms with Crippen LogP contribution in [0.3, 0.4) is 0 Å². The van der Waals surface area contributed by atoms with E-state index in [-0.39, 0.29) is 16.8 Å². The number of hydrogen-bond donors (Lipinski definition) is 1. The van der Waals surface area contributed by atoms with Gasteiger partial charge in [0, 0.05) is 19.1 Å². The lowest BCUT2D eigenvalue weighted by Gasteiger charge is -2.31. The molecule has 1 aromatic carbocycles. The van der Waals surface area contributed by atoms with Gasteiger partial charge in [-0.25, -0.2) is 8.42 Å². The third-order valence-electron chi connectivity index (χ3n) is 4.59. The number of aryl methyl sites for hydroxylation is 2. The Morgan fingerprint density at radius 1 is 1.23 bits per heavy atom. The van der Waals surface area contributed by atoms with Crippen molar-refractivity contribution < 1.29 is 17.7 Å². The summed E-state index contributed by atoms with van der Waals surface area (Å²) in [5, 5.41) is 6.74. The van der Waals surface area contributed by atoms with E-state index in [1.54, 1.807) is 13.8 Å². The fourth-order valence-electron chi connectivity index (χ4n) is 3.27. The standard InChI is InChI=1S/C18H23N3O4S/c1-13-18(14(2)25-20-13)26(23,24)21-10-8-16(9-11-21)19-17(22)12-15-6-4-3-5-7-15/h3-7,16H,8-12H2,1-2H3,(H,19,22). The van der Waals surface area contributed by atoms with E-state index in [4.69, 9.17) is 4.52 Å². The molecule has 0 saturated carbocycles. The molecule has 1 aromatic heterocycles. The predicted octanol–water partition coefficient (Wildman–Crippen LogP) is 1.80. The minimum absolute atomic E-state index is 0.0117. The highest BCUT2D eigenvalue weighted by Gasteiger charge is 2.34. The molecule has 1 amide bonds. The molecule has 1 N–H and O–H groups in total. The molecular weight excluding hydrogens is 354 g/mol. The van der Waals surface area contributed by atoms with Gasteiger partial charge in [0.25, 0.3) is 0 Å². The fraction of sp³-hybridized carbons (Fsp3) is 0.444. The largest absolute Gasteiger partial charge is 0.360 e. The Balaban J connectivity index is 1.57. The molecule has 0 aliphatic carbocycles. The lowest BCUT2D eigenvalue weighted by molar-refractivity contribution is -0.121. The molecule has 1 saturated heterocycles. The van der Waals surface area contributed by atoms with E-state index < -0.39 is 10.0 Å². The normalized spacial score (nSPS) is 16.5. The zero-order valence-electron chi connectivity index (χ0n) is 14.9. The summed E-state index contributed by atoms with van der Waals surface area (Å²) in [6.45, 7) is 3.95. The van der Waals surface area contributed by atoms with Crippen molar-refractivity contribution in [3.63, 3.8) is 0 Å². The van der Waals surface area contributed by atoms with Crippen LogP contribution in [-0.4, -0.2) is 42.9 Å². The fourth-order valence-corrected chi connectivity index (χ4v) is 5.03. The molecule has 0 radical (unpaired) electrons. The molecule has 8 heteroatoms. The van der Waals surface area contributed by atoms with Crippen LogP contribution in [0.1, 0.15) is 29.9 Å². The number of nitrogens with zero attached hydrogens (tertiary/aromatic N) is 2. The predicted molar refractivity (Wildman–Crippen MR) is 96.0 cm³/mol. The summed E-state index contributed by atoms with van der Waals surface area (Å²) >= 11 is 0. The first-order chi connectivity index (χ1) is 12.4. The van der Waals surface area contributed by atoms with E-state index in [2.05, 4.69) is 10.5 Å². The minimum atomic E-state index is -3.62. The number of piperidine rings is 1. The highest BCUT2D eigenvalue weighted by Crippen LogP contribution is 2.25. The van der Waals surface area contributed by atoms with E-state index in [9.17, 15) is 13.2 Å². The summed E-state index contributed by atoms with van der Waals surface area (Å²) in [6.07, 6.45) is 1.50. The Kier molecular flexibility index (Phi) is 5.43. The van der Waals surface area contributed by atoms with Crippen molar-refractivity contribution in [1.29, 1.82) is 0 Å². The number of sulfonamides is 1. The molecule has 0 bridgehead atoms. The van der Waals surface area contributed by atoms with E-state index in [0.29, 0.717) is 43.8 Å². The van der Waals surface area contributed by atoms with Gasteiger partial charge in [0.1, 0.15) is 10.6 Å². The topological polar surface area (TPSA) is 92.5 Å². The molecule has 2 aromatic rings. The first-order valence-corrected chi connectivity index (χ1v) is 10.1. The van der Waals surface area contributed by atoms with Crippen LogP contribution in [0.4, 0.5) is 0 Å². The van der Waals surface area contributed by atoms with E-state index in [0.717, 1.165) is 5.56 Å². The SMILES string of the molecule is Cc1noc(C)c1S(=O)(=O)N1CCC(NC(=O)Cc2ccccc2)CC1. The number of nitrogens with one attached hydrogen (secondary N) is 1. The molecule has 0 spiro atoms. The zero-order chi connectivity index (χ0) is 18.7. The molecule has 7 nitrogen and oxygen atoms in total. The first-order valence-electron chi connectivity index (χ1n) is 8.64. The van der Waals surface area contributed by atoms with Crippen molar-refractivity contribution in [1.82, 2.24) is 14.8 Å². The maximum Gasteiger partial charge on any atom is 0.248 e. The van der Waals surface area contributed by atoms with Gasteiger partial charge in [-0.15, -0.1) is 0 Å². The molecule has 1 aliphatic heterocycles. The van der Waals surface area contributed by atoms with Crippen LogP contribution in [-0.2, 0) is 21.2 Å². The highest BCUT2D eigenvalue weighted by atomic mass is 32.2. The summed E-state index contributed by atoms with van der Waals surface area (Å²) < 4.78 is 32.0. The van der Waals surface area contributed by atoms with Crippen molar-refractivity contribution in [2.45, 2.75) is 44.0 Å². The van der Waals surface area contributed by atoms with Gasteiger partial charge in [-0.1, -0.05) is 35.5 Å². The molecular formula is C18H23N3O4S. The highest BCUT2D eigenvalue weighted by molar-refractivity contribution is 7.89. The van der Waals surface area contributed by atoms with E-state index in [1.165, 1.54) is 4.31 Å². The number of hydrogen-bond acceptors (Lipinski definition) is 5. The van der Waals surface area contributed by atoms with E-state index in [1.807, 2.05) is 30.3 Å². The van der Waals surface area contributed by atoms with Crippen LogP contribution < -0.4 is 5.32 Å². The quantitative estimate of drug-likeness (QED) is 0.858. The third-order valence-corrected chi connectivity index (χ3v) is 6.74. The van der Waals surface area contributed by atoms with Gasteiger partial charge >= 0.3 is 0 Å². The van der Waals surface area contributed by atoms with Crippen LogP contribution in [0.5, 0.6) is 0 Å². The van der Waals surface area contributed by atoms with Crippen LogP contribution in [0.25, 0.3) is 0 Å².